The van der Waals surface area contributed by atoms with Gasteiger partial charge in [-0.25, -0.2) is 0 Å². The number of hydrogen-bond donors (Lipinski definition) is 1. The Morgan fingerprint density at radius 1 is 1.78 bits per heavy atom. The van der Waals surface area contributed by atoms with Crippen LogP contribution in [0.1, 0.15) is 0 Å². The maximum Gasteiger partial charge on any atom is 0.135 e. The van der Waals surface area contributed by atoms with Gasteiger partial charge in [0.2, 0.25) is 0 Å². The molecule has 0 fully saturated rings. The summed E-state index contributed by atoms with van der Waals surface area (Å²) in [5, 5.41) is 6.70. The van der Waals surface area contributed by atoms with Crippen LogP contribution in [-0.4, -0.2) is 25.9 Å². The second-order valence-electron chi connectivity index (χ2n) is 1.79. The van der Waals surface area contributed by atoms with Crippen LogP contribution in [0.5, 0.6) is 0 Å². The number of rotatable bonds is 1. The van der Waals surface area contributed by atoms with Gasteiger partial charge in [-0.1, -0.05) is 11.2 Å². The summed E-state index contributed by atoms with van der Waals surface area (Å²) in [5.74, 6) is 0. The second kappa shape index (κ2) is 3.25. The summed E-state index contributed by atoms with van der Waals surface area (Å²) in [6.07, 6.45) is 5.67. The Labute approximate surface area is 54.4 Å². The van der Waals surface area contributed by atoms with Gasteiger partial charge < -0.3 is 10.2 Å². The van der Waals surface area contributed by atoms with Crippen LogP contribution in [0.15, 0.2) is 17.3 Å². The fourth-order valence-electron chi connectivity index (χ4n) is 0.617. The molecule has 50 valence electrons. The first-order valence-corrected chi connectivity index (χ1v) is 2.93. The lowest BCUT2D eigenvalue weighted by Gasteiger charge is -1.99. The first-order valence-electron chi connectivity index (χ1n) is 2.93. The van der Waals surface area contributed by atoms with E-state index in [0.29, 0.717) is 6.61 Å². The number of oxime groups is 1. The highest BCUT2D eigenvalue weighted by Gasteiger charge is 1.97. The van der Waals surface area contributed by atoms with E-state index < -0.39 is 0 Å². The molecule has 1 unspecified atom stereocenters. The zero-order chi connectivity index (χ0) is 6.53. The van der Waals surface area contributed by atoms with Crippen molar-refractivity contribution in [2.75, 3.05) is 13.7 Å². The van der Waals surface area contributed by atoms with E-state index in [1.165, 1.54) is 0 Å². The van der Waals surface area contributed by atoms with Gasteiger partial charge in [0.15, 0.2) is 0 Å². The zero-order valence-electron chi connectivity index (χ0n) is 5.37. The van der Waals surface area contributed by atoms with E-state index in [-0.39, 0.29) is 6.04 Å². The SMILES string of the molecule is CNC1C=CCON=C1. The van der Waals surface area contributed by atoms with Crippen LogP contribution in [-0.2, 0) is 4.84 Å². The average Bonchev–Trinajstić information content (AvgIpc) is 2.13. The van der Waals surface area contributed by atoms with Gasteiger partial charge in [0.25, 0.3) is 0 Å². The highest BCUT2D eigenvalue weighted by atomic mass is 16.6. The Morgan fingerprint density at radius 3 is 3.44 bits per heavy atom. The van der Waals surface area contributed by atoms with Gasteiger partial charge >= 0.3 is 0 Å². The fraction of sp³-hybridized carbons (Fsp3) is 0.500. The van der Waals surface area contributed by atoms with Crippen LogP contribution >= 0.6 is 0 Å². The third-order valence-electron chi connectivity index (χ3n) is 1.14. The quantitative estimate of drug-likeness (QED) is 0.507. The number of likely N-dealkylation sites (N-methyl/N-ethyl adjacent to an activating group) is 1. The van der Waals surface area contributed by atoms with E-state index in [1.54, 1.807) is 6.21 Å². The predicted octanol–water partition coefficient (Wildman–Crippen LogP) is 0.147. The summed E-state index contributed by atoms with van der Waals surface area (Å²) in [4.78, 5) is 4.77. The molecular weight excluding hydrogens is 116 g/mol. The molecule has 0 radical (unpaired) electrons. The monoisotopic (exact) mass is 126 g/mol. The van der Waals surface area contributed by atoms with Crippen molar-refractivity contribution in [3.8, 4) is 0 Å². The lowest BCUT2D eigenvalue weighted by molar-refractivity contribution is 0.177. The third-order valence-corrected chi connectivity index (χ3v) is 1.14. The molecule has 0 aromatic rings. The van der Waals surface area contributed by atoms with Crippen LogP contribution in [0.2, 0.25) is 0 Å². The Bertz CT molecular complexity index is 117. The zero-order valence-corrected chi connectivity index (χ0v) is 5.37. The van der Waals surface area contributed by atoms with E-state index >= 15 is 0 Å². The van der Waals surface area contributed by atoms with Crippen molar-refractivity contribution < 1.29 is 4.84 Å². The lowest BCUT2D eigenvalue weighted by atomic mass is 10.3. The van der Waals surface area contributed by atoms with Crippen molar-refractivity contribution in [3.63, 3.8) is 0 Å². The minimum absolute atomic E-state index is 0.229. The Balaban J connectivity index is 2.48. The maximum absolute atomic E-state index is 4.77. The molecule has 1 N–H and O–H groups in total. The van der Waals surface area contributed by atoms with Crippen LogP contribution < -0.4 is 5.32 Å². The molecule has 0 amide bonds. The first-order chi connectivity index (χ1) is 4.43. The van der Waals surface area contributed by atoms with Gasteiger partial charge in [0.05, 0.1) is 12.3 Å². The molecule has 1 rings (SSSR count). The fourth-order valence-corrected chi connectivity index (χ4v) is 0.617. The highest BCUT2D eigenvalue weighted by Crippen LogP contribution is 1.89. The molecule has 0 aliphatic carbocycles. The second-order valence-corrected chi connectivity index (χ2v) is 1.79. The molecule has 0 saturated carbocycles. The minimum Gasteiger partial charge on any atom is -0.392 e. The van der Waals surface area contributed by atoms with E-state index in [2.05, 4.69) is 10.5 Å². The van der Waals surface area contributed by atoms with Gasteiger partial charge in [-0.3, -0.25) is 0 Å². The molecule has 1 aliphatic heterocycles. The van der Waals surface area contributed by atoms with E-state index in [4.69, 9.17) is 4.84 Å². The molecule has 1 heterocycles. The summed E-state index contributed by atoms with van der Waals surface area (Å²) in [5.41, 5.74) is 0. The minimum atomic E-state index is 0.229. The van der Waals surface area contributed by atoms with Crippen molar-refractivity contribution in [2.24, 2.45) is 5.16 Å². The summed E-state index contributed by atoms with van der Waals surface area (Å²) in [6.45, 7) is 0.578. The van der Waals surface area contributed by atoms with Crippen molar-refractivity contribution in [2.45, 2.75) is 6.04 Å². The predicted molar refractivity (Wildman–Crippen MR) is 36.4 cm³/mol. The third kappa shape index (κ3) is 1.85. The van der Waals surface area contributed by atoms with E-state index in [9.17, 15) is 0 Å². The number of hydrogen-bond acceptors (Lipinski definition) is 3. The Hall–Kier alpha value is -0.830. The van der Waals surface area contributed by atoms with Crippen molar-refractivity contribution >= 4 is 6.21 Å². The number of nitrogens with zero attached hydrogens (tertiary/aromatic N) is 1. The van der Waals surface area contributed by atoms with Gasteiger partial charge in [-0.2, -0.15) is 0 Å². The number of nitrogens with one attached hydrogen (secondary N) is 1. The molecule has 9 heavy (non-hydrogen) atoms. The first kappa shape index (κ1) is 6.29. The Morgan fingerprint density at radius 2 is 2.67 bits per heavy atom. The summed E-state index contributed by atoms with van der Waals surface area (Å²) in [7, 11) is 1.88. The molecule has 3 nitrogen and oxygen atoms in total. The van der Waals surface area contributed by atoms with Crippen molar-refractivity contribution in [1.29, 1.82) is 0 Å². The molecular formula is C6H10N2O. The van der Waals surface area contributed by atoms with E-state index in [1.807, 2.05) is 19.2 Å². The molecule has 3 heteroatoms. The molecule has 0 bridgehead atoms. The molecule has 1 atom stereocenters. The molecule has 0 spiro atoms. The maximum atomic E-state index is 4.77. The topological polar surface area (TPSA) is 33.6 Å². The van der Waals surface area contributed by atoms with Gasteiger partial charge in [-0.15, -0.1) is 0 Å². The smallest absolute Gasteiger partial charge is 0.135 e. The van der Waals surface area contributed by atoms with E-state index in [0.717, 1.165) is 0 Å². The molecule has 0 aromatic heterocycles. The molecule has 0 saturated heterocycles. The van der Waals surface area contributed by atoms with Crippen LogP contribution in [0.25, 0.3) is 0 Å². The molecule has 0 aromatic carbocycles. The van der Waals surface area contributed by atoms with Gasteiger partial charge in [0.1, 0.15) is 6.61 Å². The van der Waals surface area contributed by atoms with Gasteiger partial charge in [0, 0.05) is 0 Å². The summed E-state index contributed by atoms with van der Waals surface area (Å²) >= 11 is 0. The van der Waals surface area contributed by atoms with Crippen LogP contribution in [0.4, 0.5) is 0 Å². The average molecular weight is 126 g/mol. The van der Waals surface area contributed by atoms with Crippen molar-refractivity contribution in [3.05, 3.63) is 12.2 Å². The summed E-state index contributed by atoms with van der Waals surface area (Å²) < 4.78 is 0. The van der Waals surface area contributed by atoms with Crippen LogP contribution in [0, 0.1) is 0 Å². The standard InChI is InChI=1S/C6H10N2O/c1-7-6-3-2-4-9-8-5-6/h2-3,5-7H,4H2,1H3. The Kier molecular flexibility index (Phi) is 2.27. The summed E-state index contributed by atoms with van der Waals surface area (Å²) in [6, 6.07) is 0.229. The largest absolute Gasteiger partial charge is 0.392 e. The molecule has 1 aliphatic rings. The van der Waals surface area contributed by atoms with Crippen molar-refractivity contribution in [1.82, 2.24) is 5.32 Å². The highest BCUT2D eigenvalue weighted by molar-refractivity contribution is 5.66. The van der Waals surface area contributed by atoms with Crippen LogP contribution in [0.3, 0.4) is 0 Å². The normalized spacial score (nSPS) is 25.2. The van der Waals surface area contributed by atoms with Gasteiger partial charge in [-0.05, 0) is 13.1 Å². The lowest BCUT2D eigenvalue weighted by Crippen LogP contribution is -2.23.